The lowest BCUT2D eigenvalue weighted by molar-refractivity contribution is -0.133. The van der Waals surface area contributed by atoms with Gasteiger partial charge >= 0.3 is 0 Å². The maximum Gasteiger partial charge on any atom is 0.233 e. The zero-order valence-electron chi connectivity index (χ0n) is 8.29. The normalized spacial score (nSPS) is 15.9. The van der Waals surface area contributed by atoms with Crippen LogP contribution in [0.15, 0.2) is 12.3 Å². The zero-order valence-corrected chi connectivity index (χ0v) is 10.4. The Bertz CT molecular complexity index is 391. The second-order valence-corrected chi connectivity index (χ2v) is 4.70. The summed E-state index contributed by atoms with van der Waals surface area (Å²) in [6.45, 7) is 3.03. The van der Waals surface area contributed by atoms with Crippen LogP contribution in [0.2, 0.25) is 0 Å². The number of carbonyl (C=O) groups excluding carboxylic acids is 1. The number of aryl methyl sites for hydroxylation is 1. The predicted molar refractivity (Wildman–Crippen MR) is 64.6 cm³/mol. The monoisotopic (exact) mass is 318 g/mol. The van der Waals surface area contributed by atoms with Gasteiger partial charge in [0.25, 0.3) is 0 Å². The van der Waals surface area contributed by atoms with Crippen LogP contribution in [-0.4, -0.2) is 24.1 Å². The summed E-state index contributed by atoms with van der Waals surface area (Å²) in [6.07, 6.45) is 1.76. The number of amides is 1. The molecule has 1 fully saturated rings. The van der Waals surface area contributed by atoms with Gasteiger partial charge in [-0.1, -0.05) is 0 Å². The molecule has 0 saturated carbocycles. The molecule has 0 bridgehead atoms. The van der Waals surface area contributed by atoms with Crippen LogP contribution < -0.4 is 5.32 Å². The summed E-state index contributed by atoms with van der Waals surface area (Å²) >= 11 is 2.22. The van der Waals surface area contributed by atoms with Gasteiger partial charge in [0.05, 0.1) is 19.1 Å². The van der Waals surface area contributed by atoms with Crippen LogP contribution >= 0.6 is 22.6 Å². The summed E-state index contributed by atoms with van der Waals surface area (Å²) < 4.78 is 6.05. The van der Waals surface area contributed by atoms with Gasteiger partial charge in [0.1, 0.15) is 5.82 Å². The molecule has 4 nitrogen and oxygen atoms in total. The molecule has 2 rings (SSSR count). The summed E-state index contributed by atoms with van der Waals surface area (Å²) in [5.41, 5.74) is 1.11. The van der Waals surface area contributed by atoms with Gasteiger partial charge in [-0.05, 0) is 41.1 Å². The van der Waals surface area contributed by atoms with Crippen LogP contribution in [0, 0.1) is 16.4 Å². The molecule has 1 aromatic rings. The van der Waals surface area contributed by atoms with Crippen molar-refractivity contribution >= 4 is 34.3 Å². The van der Waals surface area contributed by atoms with Crippen molar-refractivity contribution in [2.75, 3.05) is 18.5 Å². The SMILES string of the molecule is Cc1cnc(NC(=O)C2COC2)cc1I. The Labute approximate surface area is 102 Å². The van der Waals surface area contributed by atoms with Gasteiger partial charge in [0.2, 0.25) is 5.91 Å². The summed E-state index contributed by atoms with van der Waals surface area (Å²) in [7, 11) is 0. The number of aromatic nitrogens is 1. The summed E-state index contributed by atoms with van der Waals surface area (Å²) in [6, 6.07) is 1.87. The van der Waals surface area contributed by atoms with E-state index in [1.807, 2.05) is 13.0 Å². The first-order valence-electron chi connectivity index (χ1n) is 4.67. The number of pyridine rings is 1. The van der Waals surface area contributed by atoms with Gasteiger partial charge in [-0.25, -0.2) is 4.98 Å². The number of nitrogens with one attached hydrogen (secondary N) is 1. The highest BCUT2D eigenvalue weighted by Crippen LogP contribution is 2.16. The van der Waals surface area contributed by atoms with Gasteiger partial charge in [0, 0.05) is 9.77 Å². The van der Waals surface area contributed by atoms with Gasteiger partial charge < -0.3 is 10.1 Å². The van der Waals surface area contributed by atoms with Crippen LogP contribution in [0.1, 0.15) is 5.56 Å². The first-order valence-corrected chi connectivity index (χ1v) is 5.75. The van der Waals surface area contributed by atoms with E-state index in [9.17, 15) is 4.79 Å². The van der Waals surface area contributed by atoms with Crippen molar-refractivity contribution < 1.29 is 9.53 Å². The highest BCUT2D eigenvalue weighted by Gasteiger charge is 2.26. The largest absolute Gasteiger partial charge is 0.380 e. The van der Waals surface area contributed by atoms with Crippen molar-refractivity contribution in [1.82, 2.24) is 4.98 Å². The summed E-state index contributed by atoms with van der Waals surface area (Å²) in [4.78, 5) is 15.7. The lowest BCUT2D eigenvalue weighted by Crippen LogP contribution is -2.38. The maximum absolute atomic E-state index is 11.6. The molecule has 1 N–H and O–H groups in total. The highest BCUT2D eigenvalue weighted by molar-refractivity contribution is 14.1. The Morgan fingerprint density at radius 1 is 1.67 bits per heavy atom. The molecule has 0 aromatic carbocycles. The molecule has 0 unspecified atom stereocenters. The first kappa shape index (κ1) is 10.8. The number of hydrogen-bond donors (Lipinski definition) is 1. The van der Waals surface area contributed by atoms with Crippen molar-refractivity contribution in [3.8, 4) is 0 Å². The second kappa shape index (κ2) is 4.44. The number of hydrogen-bond acceptors (Lipinski definition) is 3. The molecule has 1 saturated heterocycles. The summed E-state index contributed by atoms with van der Waals surface area (Å²) in [5.74, 6) is 0.598. The fourth-order valence-electron chi connectivity index (χ4n) is 1.18. The van der Waals surface area contributed by atoms with Crippen LogP contribution in [0.4, 0.5) is 5.82 Å². The van der Waals surface area contributed by atoms with Gasteiger partial charge in [-0.3, -0.25) is 4.79 Å². The van der Waals surface area contributed by atoms with E-state index in [2.05, 4.69) is 32.9 Å². The van der Waals surface area contributed by atoms with E-state index in [1.54, 1.807) is 6.20 Å². The van der Waals surface area contributed by atoms with Gasteiger partial charge in [-0.15, -0.1) is 0 Å². The third kappa shape index (κ3) is 2.46. The van der Waals surface area contributed by atoms with E-state index in [0.29, 0.717) is 19.0 Å². The average Bonchev–Trinajstić information content (AvgIpc) is 2.08. The molecule has 2 heterocycles. The Hall–Kier alpha value is -0.690. The number of carbonyl (C=O) groups is 1. The summed E-state index contributed by atoms with van der Waals surface area (Å²) in [5, 5.41) is 2.78. The van der Waals surface area contributed by atoms with E-state index in [1.165, 1.54) is 0 Å². The molecule has 1 aromatic heterocycles. The second-order valence-electron chi connectivity index (χ2n) is 3.54. The third-order valence-electron chi connectivity index (χ3n) is 2.30. The van der Waals surface area contributed by atoms with Crippen LogP contribution in [0.5, 0.6) is 0 Å². The number of halogens is 1. The molecule has 0 radical (unpaired) electrons. The van der Waals surface area contributed by atoms with Crippen molar-refractivity contribution in [1.29, 1.82) is 0 Å². The molecular formula is C10H11IN2O2. The lowest BCUT2D eigenvalue weighted by Gasteiger charge is -2.24. The Balaban J connectivity index is 2.03. The smallest absolute Gasteiger partial charge is 0.233 e. The Morgan fingerprint density at radius 3 is 2.93 bits per heavy atom. The molecule has 1 amide bonds. The van der Waals surface area contributed by atoms with E-state index in [-0.39, 0.29) is 11.8 Å². The van der Waals surface area contributed by atoms with Crippen molar-refractivity contribution in [3.63, 3.8) is 0 Å². The molecule has 0 aliphatic carbocycles. The van der Waals surface area contributed by atoms with E-state index in [0.717, 1.165) is 9.13 Å². The van der Waals surface area contributed by atoms with Crippen molar-refractivity contribution in [3.05, 3.63) is 21.4 Å². The van der Waals surface area contributed by atoms with E-state index in [4.69, 9.17) is 4.74 Å². The Morgan fingerprint density at radius 2 is 2.40 bits per heavy atom. The topological polar surface area (TPSA) is 51.2 Å². The lowest BCUT2D eigenvalue weighted by atomic mass is 10.1. The van der Waals surface area contributed by atoms with E-state index < -0.39 is 0 Å². The van der Waals surface area contributed by atoms with Crippen LogP contribution in [-0.2, 0) is 9.53 Å². The number of rotatable bonds is 2. The number of ether oxygens (including phenoxy) is 1. The first-order chi connectivity index (χ1) is 7.16. The molecule has 80 valence electrons. The minimum absolute atomic E-state index is 0.00611. The van der Waals surface area contributed by atoms with Crippen LogP contribution in [0.3, 0.4) is 0 Å². The maximum atomic E-state index is 11.6. The van der Waals surface area contributed by atoms with Crippen molar-refractivity contribution in [2.24, 2.45) is 5.92 Å². The fourth-order valence-corrected chi connectivity index (χ4v) is 1.62. The zero-order chi connectivity index (χ0) is 10.8. The minimum Gasteiger partial charge on any atom is -0.380 e. The highest BCUT2D eigenvalue weighted by atomic mass is 127. The van der Waals surface area contributed by atoms with Crippen molar-refractivity contribution in [2.45, 2.75) is 6.92 Å². The van der Waals surface area contributed by atoms with Gasteiger partial charge in [0.15, 0.2) is 0 Å². The average molecular weight is 318 g/mol. The van der Waals surface area contributed by atoms with Gasteiger partial charge in [-0.2, -0.15) is 0 Å². The third-order valence-corrected chi connectivity index (χ3v) is 3.46. The number of nitrogens with zero attached hydrogens (tertiary/aromatic N) is 1. The number of anilines is 1. The van der Waals surface area contributed by atoms with E-state index >= 15 is 0 Å². The molecule has 5 heteroatoms. The molecule has 0 atom stereocenters. The van der Waals surface area contributed by atoms with Crippen LogP contribution in [0.25, 0.3) is 0 Å². The molecular weight excluding hydrogens is 307 g/mol. The quantitative estimate of drug-likeness (QED) is 0.843. The molecule has 1 aliphatic rings. The molecule has 0 spiro atoms. The minimum atomic E-state index is -0.00855. The Kier molecular flexibility index (Phi) is 3.20. The molecule has 15 heavy (non-hydrogen) atoms. The standard InChI is InChI=1S/C10H11IN2O2/c1-6-3-12-9(2-8(6)11)13-10(14)7-4-15-5-7/h2-3,7H,4-5H2,1H3,(H,12,13,14). The predicted octanol–water partition coefficient (Wildman–Crippen LogP) is 1.58. The molecule has 1 aliphatic heterocycles. The fraction of sp³-hybridized carbons (Fsp3) is 0.400.